The van der Waals surface area contributed by atoms with E-state index in [9.17, 15) is 0 Å². The fourth-order valence-corrected chi connectivity index (χ4v) is 1.48. The van der Waals surface area contributed by atoms with E-state index in [-0.39, 0.29) is 0 Å². The molecule has 0 radical (unpaired) electrons. The predicted octanol–water partition coefficient (Wildman–Crippen LogP) is 2.49. The average Bonchev–Trinajstić information content (AvgIpc) is 2.46. The van der Waals surface area contributed by atoms with E-state index in [2.05, 4.69) is 15.3 Å². The third kappa shape index (κ3) is 4.12. The van der Waals surface area contributed by atoms with Crippen LogP contribution in [-0.2, 0) is 0 Å². The summed E-state index contributed by atoms with van der Waals surface area (Å²) >= 11 is 5.77. The second-order valence-corrected chi connectivity index (χ2v) is 4.06. The van der Waals surface area contributed by atoms with Crippen molar-refractivity contribution in [2.45, 2.75) is 0 Å². The Morgan fingerprint density at radius 3 is 2.63 bits per heavy atom. The highest BCUT2D eigenvalue weighted by molar-refractivity contribution is 6.30. The number of nitrogens with zero attached hydrogens (tertiary/aromatic N) is 3. The first kappa shape index (κ1) is 13.1. The molecule has 0 saturated heterocycles. The second-order valence-electron chi connectivity index (χ2n) is 3.63. The number of benzene rings is 1. The van der Waals surface area contributed by atoms with E-state index in [1.807, 2.05) is 18.2 Å². The van der Waals surface area contributed by atoms with Gasteiger partial charge in [0.25, 0.3) is 0 Å². The Morgan fingerprint density at radius 2 is 2.00 bits per heavy atom. The Hall–Kier alpha value is -2.32. The Labute approximate surface area is 115 Å². The zero-order valence-corrected chi connectivity index (χ0v) is 10.8. The van der Waals surface area contributed by atoms with Crippen LogP contribution in [0.15, 0.2) is 36.7 Å². The van der Waals surface area contributed by atoms with Gasteiger partial charge in [-0.05, 0) is 24.3 Å². The molecule has 0 spiro atoms. The summed E-state index contributed by atoms with van der Waals surface area (Å²) in [5.74, 6) is 1.37. The number of nitriles is 1. The van der Waals surface area contributed by atoms with Crippen LogP contribution < -0.4 is 10.1 Å². The lowest BCUT2D eigenvalue weighted by atomic mass is 10.3. The van der Waals surface area contributed by atoms with Crippen LogP contribution in [0, 0.1) is 11.3 Å². The van der Waals surface area contributed by atoms with Gasteiger partial charge in [0.05, 0.1) is 18.9 Å². The zero-order chi connectivity index (χ0) is 13.5. The molecule has 0 bridgehead atoms. The van der Waals surface area contributed by atoms with Crippen LogP contribution in [-0.4, -0.2) is 23.1 Å². The van der Waals surface area contributed by atoms with Crippen molar-refractivity contribution in [2.75, 3.05) is 18.5 Å². The second kappa shape index (κ2) is 6.57. The smallest absolute Gasteiger partial charge is 0.158 e. The molecule has 0 amide bonds. The van der Waals surface area contributed by atoms with Crippen molar-refractivity contribution in [3.8, 4) is 11.8 Å². The average molecular weight is 275 g/mol. The number of nitrogens with one attached hydrogen (secondary N) is 1. The van der Waals surface area contributed by atoms with Crippen molar-refractivity contribution in [3.05, 3.63) is 47.4 Å². The standard InChI is InChI=1S/C13H11ClN4O/c14-10-1-3-12(4-2-10)19-6-5-16-13-9-17-11(7-15)8-18-13/h1-4,8-9H,5-6H2,(H,16,18). The molecule has 96 valence electrons. The van der Waals surface area contributed by atoms with E-state index in [0.29, 0.717) is 29.7 Å². The molecule has 0 aliphatic rings. The summed E-state index contributed by atoms with van der Waals surface area (Å²) in [5, 5.41) is 12.3. The largest absolute Gasteiger partial charge is 0.492 e. The van der Waals surface area contributed by atoms with Crippen LogP contribution in [0.1, 0.15) is 5.69 Å². The van der Waals surface area contributed by atoms with Crippen LogP contribution in [0.2, 0.25) is 5.02 Å². The van der Waals surface area contributed by atoms with Crippen molar-refractivity contribution >= 4 is 17.4 Å². The molecule has 6 heteroatoms. The number of rotatable bonds is 5. The Bertz CT molecular complexity index is 563. The quantitative estimate of drug-likeness (QED) is 0.848. The molecule has 0 saturated carbocycles. The molecule has 1 N–H and O–H groups in total. The maximum Gasteiger partial charge on any atom is 0.158 e. The molecule has 5 nitrogen and oxygen atoms in total. The van der Waals surface area contributed by atoms with Crippen LogP contribution in [0.25, 0.3) is 0 Å². The van der Waals surface area contributed by atoms with Gasteiger partial charge in [0.2, 0.25) is 0 Å². The molecule has 0 aliphatic heterocycles. The monoisotopic (exact) mass is 274 g/mol. The number of anilines is 1. The maximum absolute atomic E-state index is 8.59. The van der Waals surface area contributed by atoms with Gasteiger partial charge in [0, 0.05) is 5.02 Å². The highest BCUT2D eigenvalue weighted by Crippen LogP contribution is 2.15. The van der Waals surface area contributed by atoms with Crippen molar-refractivity contribution in [3.63, 3.8) is 0 Å². The molecule has 2 aromatic rings. The molecule has 0 unspecified atom stereocenters. The van der Waals surface area contributed by atoms with E-state index in [0.717, 1.165) is 5.75 Å². The number of hydrogen-bond acceptors (Lipinski definition) is 5. The maximum atomic E-state index is 8.59. The van der Waals surface area contributed by atoms with Crippen LogP contribution in [0.5, 0.6) is 5.75 Å². The van der Waals surface area contributed by atoms with Gasteiger partial charge >= 0.3 is 0 Å². The Balaban J connectivity index is 1.74. The molecule has 1 aromatic carbocycles. The first-order chi connectivity index (χ1) is 9.28. The first-order valence-electron chi connectivity index (χ1n) is 5.62. The van der Waals surface area contributed by atoms with Gasteiger partial charge in [0.1, 0.15) is 24.2 Å². The SMILES string of the molecule is N#Cc1cnc(NCCOc2ccc(Cl)cc2)cn1. The zero-order valence-electron chi connectivity index (χ0n) is 10.0. The summed E-state index contributed by atoms with van der Waals surface area (Å²) in [7, 11) is 0. The fraction of sp³-hybridized carbons (Fsp3) is 0.154. The van der Waals surface area contributed by atoms with E-state index in [1.165, 1.54) is 12.4 Å². The van der Waals surface area contributed by atoms with E-state index in [1.54, 1.807) is 12.1 Å². The number of ether oxygens (including phenoxy) is 1. The summed E-state index contributed by atoms with van der Waals surface area (Å²) in [6, 6.07) is 9.08. The first-order valence-corrected chi connectivity index (χ1v) is 6.00. The van der Waals surface area contributed by atoms with Gasteiger partial charge in [-0.15, -0.1) is 0 Å². The van der Waals surface area contributed by atoms with Crippen molar-refractivity contribution in [2.24, 2.45) is 0 Å². The lowest BCUT2D eigenvalue weighted by Crippen LogP contribution is -2.12. The van der Waals surface area contributed by atoms with Gasteiger partial charge in [-0.3, -0.25) is 0 Å². The van der Waals surface area contributed by atoms with Crippen LogP contribution >= 0.6 is 11.6 Å². The lowest BCUT2D eigenvalue weighted by molar-refractivity contribution is 0.333. The minimum atomic E-state index is 0.294. The number of hydrogen-bond donors (Lipinski definition) is 1. The van der Waals surface area contributed by atoms with Crippen LogP contribution in [0.4, 0.5) is 5.82 Å². The third-order valence-electron chi connectivity index (χ3n) is 2.26. The summed E-state index contributed by atoms with van der Waals surface area (Å²) in [6.07, 6.45) is 2.93. The van der Waals surface area contributed by atoms with Gasteiger partial charge in [-0.2, -0.15) is 5.26 Å². The number of aromatic nitrogens is 2. The summed E-state index contributed by atoms with van der Waals surface area (Å²) in [5.41, 5.74) is 0.294. The molecular weight excluding hydrogens is 264 g/mol. The van der Waals surface area contributed by atoms with Crippen molar-refractivity contribution in [1.29, 1.82) is 5.26 Å². The highest BCUT2D eigenvalue weighted by Gasteiger charge is 1.97. The van der Waals surface area contributed by atoms with E-state index in [4.69, 9.17) is 21.6 Å². The minimum Gasteiger partial charge on any atom is -0.492 e. The summed E-state index contributed by atoms with van der Waals surface area (Å²) in [6.45, 7) is 1.08. The molecule has 2 rings (SSSR count). The third-order valence-corrected chi connectivity index (χ3v) is 2.51. The minimum absolute atomic E-state index is 0.294. The summed E-state index contributed by atoms with van der Waals surface area (Å²) < 4.78 is 5.51. The van der Waals surface area contributed by atoms with Gasteiger partial charge < -0.3 is 10.1 Å². The molecule has 1 heterocycles. The molecule has 0 aliphatic carbocycles. The lowest BCUT2D eigenvalue weighted by Gasteiger charge is -2.07. The molecule has 0 atom stereocenters. The normalized spacial score (nSPS) is 9.68. The van der Waals surface area contributed by atoms with Crippen molar-refractivity contribution in [1.82, 2.24) is 9.97 Å². The van der Waals surface area contributed by atoms with Gasteiger partial charge in [0.15, 0.2) is 5.69 Å². The topological polar surface area (TPSA) is 70.8 Å². The highest BCUT2D eigenvalue weighted by atomic mass is 35.5. The Morgan fingerprint density at radius 1 is 1.21 bits per heavy atom. The number of halogens is 1. The Kier molecular flexibility index (Phi) is 4.54. The molecule has 19 heavy (non-hydrogen) atoms. The predicted molar refractivity (Wildman–Crippen MR) is 72.2 cm³/mol. The molecule has 1 aromatic heterocycles. The van der Waals surface area contributed by atoms with Crippen LogP contribution in [0.3, 0.4) is 0 Å². The van der Waals surface area contributed by atoms with E-state index < -0.39 is 0 Å². The fourth-order valence-electron chi connectivity index (χ4n) is 1.36. The molecular formula is C13H11ClN4O. The molecule has 0 fully saturated rings. The van der Waals surface area contributed by atoms with Gasteiger partial charge in [-0.25, -0.2) is 9.97 Å². The van der Waals surface area contributed by atoms with E-state index >= 15 is 0 Å². The van der Waals surface area contributed by atoms with Gasteiger partial charge in [-0.1, -0.05) is 11.6 Å². The van der Waals surface area contributed by atoms with Crippen molar-refractivity contribution < 1.29 is 4.74 Å². The summed E-state index contributed by atoms with van der Waals surface area (Å²) in [4.78, 5) is 7.94.